The number of aldehydes is 1. The number of amides is 2. The molecular formula is C9H11N3O2. The van der Waals surface area contributed by atoms with Crippen LogP contribution in [0.4, 0.5) is 10.6 Å². The number of carbonyl (C=O) groups is 2. The van der Waals surface area contributed by atoms with E-state index in [0.717, 1.165) is 0 Å². The van der Waals surface area contributed by atoms with Gasteiger partial charge in [-0.1, -0.05) is 6.07 Å². The van der Waals surface area contributed by atoms with Crippen molar-refractivity contribution in [2.75, 3.05) is 18.5 Å². The second-order valence-corrected chi connectivity index (χ2v) is 2.52. The van der Waals surface area contributed by atoms with E-state index in [0.29, 0.717) is 12.1 Å². The van der Waals surface area contributed by atoms with Gasteiger partial charge in [0.05, 0.1) is 6.54 Å². The monoisotopic (exact) mass is 193 g/mol. The lowest BCUT2D eigenvalue weighted by atomic mass is 10.4. The SMILES string of the molecule is CNC(=O)N(CC=O)c1ccccn1. The molecule has 5 nitrogen and oxygen atoms in total. The van der Waals surface area contributed by atoms with Crippen molar-refractivity contribution in [2.45, 2.75) is 0 Å². The van der Waals surface area contributed by atoms with Gasteiger partial charge in [0.1, 0.15) is 12.1 Å². The van der Waals surface area contributed by atoms with Crippen molar-refractivity contribution in [1.82, 2.24) is 10.3 Å². The van der Waals surface area contributed by atoms with Crippen LogP contribution in [0.5, 0.6) is 0 Å². The van der Waals surface area contributed by atoms with Gasteiger partial charge in [-0.05, 0) is 12.1 Å². The van der Waals surface area contributed by atoms with Gasteiger partial charge < -0.3 is 10.1 Å². The maximum atomic E-state index is 11.3. The molecule has 1 N–H and O–H groups in total. The molecule has 1 rings (SSSR count). The first-order valence-electron chi connectivity index (χ1n) is 4.13. The minimum absolute atomic E-state index is 0.00329. The molecule has 0 aliphatic carbocycles. The van der Waals surface area contributed by atoms with Crippen LogP contribution in [0.15, 0.2) is 24.4 Å². The van der Waals surface area contributed by atoms with Crippen molar-refractivity contribution in [3.8, 4) is 0 Å². The lowest BCUT2D eigenvalue weighted by Crippen LogP contribution is -2.39. The summed E-state index contributed by atoms with van der Waals surface area (Å²) in [5.74, 6) is 0.457. The summed E-state index contributed by atoms with van der Waals surface area (Å²) < 4.78 is 0. The third-order valence-corrected chi connectivity index (χ3v) is 1.64. The number of hydrogen-bond acceptors (Lipinski definition) is 3. The molecule has 0 unspecified atom stereocenters. The summed E-state index contributed by atoms with van der Waals surface area (Å²) >= 11 is 0. The first kappa shape index (κ1) is 10.2. The second kappa shape index (κ2) is 4.96. The fraction of sp³-hybridized carbons (Fsp3) is 0.222. The number of rotatable bonds is 3. The summed E-state index contributed by atoms with van der Waals surface area (Å²) in [5.41, 5.74) is 0. The number of nitrogens with zero attached hydrogens (tertiary/aromatic N) is 2. The van der Waals surface area contributed by atoms with Gasteiger partial charge in [0, 0.05) is 13.2 Å². The second-order valence-electron chi connectivity index (χ2n) is 2.52. The van der Waals surface area contributed by atoms with Crippen molar-refractivity contribution in [3.63, 3.8) is 0 Å². The van der Waals surface area contributed by atoms with Crippen molar-refractivity contribution < 1.29 is 9.59 Å². The number of carbonyl (C=O) groups excluding carboxylic acids is 2. The molecule has 0 fully saturated rings. The molecule has 74 valence electrons. The van der Waals surface area contributed by atoms with E-state index in [1.807, 2.05) is 0 Å². The molecule has 1 aromatic rings. The predicted molar refractivity (Wildman–Crippen MR) is 52.1 cm³/mol. The Kier molecular flexibility index (Phi) is 3.60. The Bertz CT molecular complexity index is 313. The Morgan fingerprint density at radius 2 is 2.43 bits per heavy atom. The molecule has 0 atom stereocenters. The summed E-state index contributed by atoms with van der Waals surface area (Å²) in [4.78, 5) is 26.9. The number of pyridine rings is 1. The lowest BCUT2D eigenvalue weighted by molar-refractivity contribution is -0.106. The van der Waals surface area contributed by atoms with Crippen LogP contribution in [-0.2, 0) is 4.79 Å². The molecule has 0 aliphatic heterocycles. The van der Waals surface area contributed by atoms with Gasteiger partial charge in [0.25, 0.3) is 0 Å². The van der Waals surface area contributed by atoms with Crippen LogP contribution < -0.4 is 10.2 Å². The van der Waals surface area contributed by atoms with E-state index in [4.69, 9.17) is 0 Å². The molecule has 0 aliphatic rings. The number of hydrogen-bond donors (Lipinski definition) is 1. The molecule has 0 saturated heterocycles. The number of aromatic nitrogens is 1. The topological polar surface area (TPSA) is 62.3 Å². The minimum atomic E-state index is -0.351. The van der Waals surface area contributed by atoms with E-state index in [9.17, 15) is 9.59 Å². The van der Waals surface area contributed by atoms with Crippen LogP contribution in [0.1, 0.15) is 0 Å². The van der Waals surface area contributed by atoms with E-state index in [2.05, 4.69) is 10.3 Å². The van der Waals surface area contributed by atoms with Crippen LogP contribution in [-0.4, -0.2) is 30.9 Å². The van der Waals surface area contributed by atoms with E-state index < -0.39 is 0 Å². The van der Waals surface area contributed by atoms with E-state index >= 15 is 0 Å². The van der Waals surface area contributed by atoms with Crippen molar-refractivity contribution in [1.29, 1.82) is 0 Å². The van der Waals surface area contributed by atoms with Crippen LogP contribution >= 0.6 is 0 Å². The summed E-state index contributed by atoms with van der Waals surface area (Å²) in [6.07, 6.45) is 2.22. The average molecular weight is 193 g/mol. The van der Waals surface area contributed by atoms with Gasteiger partial charge >= 0.3 is 6.03 Å². The standard InChI is InChI=1S/C9H11N3O2/c1-10-9(14)12(6-7-13)8-4-2-3-5-11-8/h2-5,7H,6H2,1H3,(H,10,14). The molecular weight excluding hydrogens is 182 g/mol. The van der Waals surface area contributed by atoms with Gasteiger partial charge in [0.15, 0.2) is 0 Å². The zero-order valence-electron chi connectivity index (χ0n) is 7.80. The van der Waals surface area contributed by atoms with Gasteiger partial charge in [-0.25, -0.2) is 9.78 Å². The van der Waals surface area contributed by atoms with Gasteiger partial charge in [-0.2, -0.15) is 0 Å². The molecule has 1 heterocycles. The Morgan fingerprint density at radius 3 is 2.93 bits per heavy atom. The van der Waals surface area contributed by atoms with Crippen LogP contribution in [0.25, 0.3) is 0 Å². The molecule has 0 bridgehead atoms. The first-order chi connectivity index (χ1) is 6.79. The fourth-order valence-corrected chi connectivity index (χ4v) is 1.00. The zero-order valence-corrected chi connectivity index (χ0v) is 7.80. The highest BCUT2D eigenvalue weighted by Gasteiger charge is 2.13. The first-order valence-corrected chi connectivity index (χ1v) is 4.13. The Labute approximate surface area is 81.7 Å². The molecule has 0 saturated carbocycles. The summed E-state index contributed by atoms with van der Waals surface area (Å²) in [6.45, 7) is -0.00329. The maximum Gasteiger partial charge on any atom is 0.323 e. The van der Waals surface area contributed by atoms with Gasteiger partial charge in [0.2, 0.25) is 0 Å². The number of nitrogens with one attached hydrogen (secondary N) is 1. The molecule has 0 spiro atoms. The van der Waals surface area contributed by atoms with E-state index in [-0.39, 0.29) is 12.6 Å². The van der Waals surface area contributed by atoms with Crippen LogP contribution in [0, 0.1) is 0 Å². The molecule has 2 amide bonds. The van der Waals surface area contributed by atoms with Gasteiger partial charge in [-0.15, -0.1) is 0 Å². The highest BCUT2D eigenvalue weighted by molar-refractivity contribution is 5.93. The zero-order chi connectivity index (χ0) is 10.4. The third-order valence-electron chi connectivity index (χ3n) is 1.64. The molecule has 14 heavy (non-hydrogen) atoms. The minimum Gasteiger partial charge on any atom is -0.341 e. The van der Waals surface area contributed by atoms with E-state index in [1.54, 1.807) is 24.4 Å². The largest absolute Gasteiger partial charge is 0.341 e. The quantitative estimate of drug-likeness (QED) is 0.708. The summed E-state index contributed by atoms with van der Waals surface area (Å²) in [5, 5.41) is 2.44. The van der Waals surface area contributed by atoms with E-state index in [1.165, 1.54) is 11.9 Å². The molecule has 5 heteroatoms. The smallest absolute Gasteiger partial charge is 0.323 e. The predicted octanol–water partition coefficient (Wildman–Crippen LogP) is 0.426. The molecule has 0 aromatic carbocycles. The highest BCUT2D eigenvalue weighted by Crippen LogP contribution is 2.07. The lowest BCUT2D eigenvalue weighted by Gasteiger charge is -2.17. The Morgan fingerprint density at radius 1 is 1.64 bits per heavy atom. The van der Waals surface area contributed by atoms with Crippen molar-refractivity contribution >= 4 is 18.1 Å². The molecule has 0 radical (unpaired) electrons. The summed E-state index contributed by atoms with van der Waals surface area (Å²) in [7, 11) is 1.50. The number of urea groups is 1. The van der Waals surface area contributed by atoms with Crippen LogP contribution in [0.2, 0.25) is 0 Å². The highest BCUT2D eigenvalue weighted by atomic mass is 16.2. The maximum absolute atomic E-state index is 11.3. The molecule has 1 aromatic heterocycles. The Hall–Kier alpha value is -1.91. The van der Waals surface area contributed by atoms with Crippen molar-refractivity contribution in [2.24, 2.45) is 0 Å². The van der Waals surface area contributed by atoms with Crippen LogP contribution in [0.3, 0.4) is 0 Å². The third kappa shape index (κ3) is 2.29. The fourth-order valence-electron chi connectivity index (χ4n) is 1.00. The number of anilines is 1. The normalized spacial score (nSPS) is 9.21. The Balaban J connectivity index is 2.88. The van der Waals surface area contributed by atoms with Gasteiger partial charge in [-0.3, -0.25) is 4.90 Å². The average Bonchev–Trinajstić information content (AvgIpc) is 2.26. The van der Waals surface area contributed by atoms with Crippen molar-refractivity contribution in [3.05, 3.63) is 24.4 Å². The summed E-state index contributed by atoms with van der Waals surface area (Å²) in [6, 6.07) is 4.81.